The van der Waals surface area contributed by atoms with Crippen LogP contribution in [0.2, 0.25) is 0 Å². The third kappa shape index (κ3) is 1.86. The van der Waals surface area contributed by atoms with Crippen LogP contribution < -0.4 is 5.73 Å². The molecular formula is C12H9N5O2. The molecule has 3 aromatic rings. The van der Waals surface area contributed by atoms with Crippen molar-refractivity contribution in [2.75, 3.05) is 5.73 Å². The second-order valence-corrected chi connectivity index (χ2v) is 4.06. The van der Waals surface area contributed by atoms with Gasteiger partial charge in [-0.15, -0.1) is 0 Å². The van der Waals surface area contributed by atoms with Gasteiger partial charge in [0, 0.05) is 23.2 Å². The lowest BCUT2D eigenvalue weighted by atomic mass is 10.0. The minimum Gasteiger partial charge on any atom is -0.384 e. The number of nitro groups is 1. The fourth-order valence-corrected chi connectivity index (χ4v) is 1.93. The average molecular weight is 255 g/mol. The Morgan fingerprint density at radius 2 is 2.05 bits per heavy atom. The van der Waals surface area contributed by atoms with Crippen molar-refractivity contribution in [1.82, 2.24) is 15.2 Å². The first-order chi connectivity index (χ1) is 9.15. The fraction of sp³-hybridized carbons (Fsp3) is 0. The van der Waals surface area contributed by atoms with Crippen molar-refractivity contribution in [3.05, 3.63) is 46.8 Å². The van der Waals surface area contributed by atoms with E-state index in [4.69, 9.17) is 5.73 Å². The number of pyridine rings is 1. The molecule has 3 N–H and O–H groups in total. The Balaban J connectivity index is 2.24. The van der Waals surface area contributed by atoms with Gasteiger partial charge in [-0.3, -0.25) is 15.2 Å². The lowest BCUT2D eigenvalue weighted by molar-refractivity contribution is -0.383. The molecule has 7 nitrogen and oxygen atoms in total. The van der Waals surface area contributed by atoms with Gasteiger partial charge in [0.15, 0.2) is 0 Å². The van der Waals surface area contributed by atoms with Crippen molar-refractivity contribution in [2.45, 2.75) is 0 Å². The monoisotopic (exact) mass is 255 g/mol. The summed E-state index contributed by atoms with van der Waals surface area (Å²) in [5, 5.41) is 18.2. The highest BCUT2D eigenvalue weighted by molar-refractivity contribution is 5.91. The molecule has 1 aromatic carbocycles. The molecule has 0 saturated carbocycles. The molecule has 0 atom stereocenters. The number of hydrogen-bond donors (Lipinski definition) is 2. The van der Waals surface area contributed by atoms with E-state index in [1.54, 1.807) is 24.5 Å². The zero-order valence-electron chi connectivity index (χ0n) is 9.70. The number of aromatic nitrogens is 3. The Bertz CT molecular complexity index is 763. The molecule has 94 valence electrons. The van der Waals surface area contributed by atoms with Gasteiger partial charge < -0.3 is 5.73 Å². The molecule has 19 heavy (non-hydrogen) atoms. The summed E-state index contributed by atoms with van der Waals surface area (Å²) in [6.07, 6.45) is 3.14. The zero-order chi connectivity index (χ0) is 13.4. The predicted molar refractivity (Wildman–Crippen MR) is 70.4 cm³/mol. The summed E-state index contributed by atoms with van der Waals surface area (Å²) < 4.78 is 0. The minimum absolute atomic E-state index is 0.0122. The largest absolute Gasteiger partial charge is 0.384 e. The van der Waals surface area contributed by atoms with E-state index in [1.807, 2.05) is 6.07 Å². The highest BCUT2D eigenvalue weighted by Gasteiger charge is 2.16. The molecule has 0 saturated heterocycles. The molecule has 2 aromatic heterocycles. The van der Waals surface area contributed by atoms with Crippen LogP contribution in [-0.4, -0.2) is 20.1 Å². The molecule has 2 heterocycles. The molecule has 0 spiro atoms. The number of anilines is 1. The summed E-state index contributed by atoms with van der Waals surface area (Å²) >= 11 is 0. The van der Waals surface area contributed by atoms with Crippen LogP contribution >= 0.6 is 0 Å². The van der Waals surface area contributed by atoms with Gasteiger partial charge >= 0.3 is 0 Å². The summed E-state index contributed by atoms with van der Waals surface area (Å²) in [5.41, 5.74) is 7.39. The number of non-ortho nitro benzene ring substituents is 1. The standard InChI is InChI=1S/C12H9N5O2/c13-11-2-1-7(5-14-11)8-3-9-6-15-16-12(9)10(4-8)17(18)19/h1-6H,(H2,13,14)(H,15,16). The predicted octanol–water partition coefficient (Wildman–Crippen LogP) is 2.12. The van der Waals surface area contributed by atoms with Gasteiger partial charge in [-0.25, -0.2) is 4.98 Å². The van der Waals surface area contributed by atoms with Gasteiger partial charge in [-0.05, 0) is 23.8 Å². The van der Waals surface area contributed by atoms with E-state index in [2.05, 4.69) is 15.2 Å². The van der Waals surface area contributed by atoms with Crippen LogP contribution in [0.15, 0.2) is 36.7 Å². The van der Waals surface area contributed by atoms with Crippen LogP contribution in [0.1, 0.15) is 0 Å². The Hall–Kier alpha value is -2.96. The molecule has 7 heteroatoms. The summed E-state index contributed by atoms with van der Waals surface area (Å²) in [6, 6.07) is 6.74. The Morgan fingerprint density at radius 1 is 1.21 bits per heavy atom. The molecule has 3 rings (SSSR count). The van der Waals surface area contributed by atoms with E-state index in [9.17, 15) is 10.1 Å². The normalized spacial score (nSPS) is 10.7. The molecule has 0 unspecified atom stereocenters. The van der Waals surface area contributed by atoms with E-state index < -0.39 is 4.92 Å². The molecule has 0 bridgehead atoms. The van der Waals surface area contributed by atoms with Crippen molar-refractivity contribution >= 4 is 22.4 Å². The number of nitrogens with two attached hydrogens (primary N) is 1. The summed E-state index contributed by atoms with van der Waals surface area (Å²) in [7, 11) is 0. The summed E-state index contributed by atoms with van der Waals surface area (Å²) in [6.45, 7) is 0. The van der Waals surface area contributed by atoms with Crippen LogP contribution in [0, 0.1) is 10.1 Å². The van der Waals surface area contributed by atoms with Gasteiger partial charge in [0.05, 0.1) is 11.1 Å². The maximum atomic E-state index is 11.1. The third-order valence-corrected chi connectivity index (χ3v) is 2.84. The van der Waals surface area contributed by atoms with Crippen LogP contribution in [-0.2, 0) is 0 Å². The molecule has 0 aliphatic heterocycles. The van der Waals surface area contributed by atoms with Crippen LogP contribution in [0.3, 0.4) is 0 Å². The van der Waals surface area contributed by atoms with Crippen molar-refractivity contribution in [3.8, 4) is 11.1 Å². The van der Waals surface area contributed by atoms with E-state index in [0.717, 1.165) is 5.56 Å². The van der Waals surface area contributed by atoms with Gasteiger partial charge in [0.25, 0.3) is 5.69 Å². The summed E-state index contributed by atoms with van der Waals surface area (Å²) in [5.74, 6) is 0.405. The molecule has 0 amide bonds. The number of benzene rings is 1. The first-order valence-corrected chi connectivity index (χ1v) is 5.48. The molecular weight excluding hydrogens is 246 g/mol. The first-order valence-electron chi connectivity index (χ1n) is 5.48. The maximum absolute atomic E-state index is 11.1. The molecule has 0 aliphatic carbocycles. The van der Waals surface area contributed by atoms with E-state index >= 15 is 0 Å². The smallest absolute Gasteiger partial charge is 0.295 e. The van der Waals surface area contributed by atoms with Crippen molar-refractivity contribution in [2.24, 2.45) is 0 Å². The van der Waals surface area contributed by atoms with E-state index in [0.29, 0.717) is 22.3 Å². The summed E-state index contributed by atoms with van der Waals surface area (Å²) in [4.78, 5) is 14.6. The number of fused-ring (bicyclic) bond motifs is 1. The number of nitrogen functional groups attached to an aromatic ring is 1. The second kappa shape index (κ2) is 4.05. The highest BCUT2D eigenvalue weighted by atomic mass is 16.6. The van der Waals surface area contributed by atoms with Crippen LogP contribution in [0.25, 0.3) is 22.0 Å². The Kier molecular flexibility index (Phi) is 2.38. The zero-order valence-corrected chi connectivity index (χ0v) is 9.70. The topological polar surface area (TPSA) is 111 Å². The van der Waals surface area contributed by atoms with Crippen molar-refractivity contribution in [1.29, 1.82) is 0 Å². The lowest BCUT2D eigenvalue weighted by Gasteiger charge is -2.02. The van der Waals surface area contributed by atoms with E-state index in [-0.39, 0.29) is 5.69 Å². The van der Waals surface area contributed by atoms with E-state index in [1.165, 1.54) is 6.07 Å². The van der Waals surface area contributed by atoms with Crippen LogP contribution in [0.5, 0.6) is 0 Å². The average Bonchev–Trinajstić information content (AvgIpc) is 2.86. The number of aromatic amines is 1. The quantitative estimate of drug-likeness (QED) is 0.538. The number of nitro benzene ring substituents is 1. The second-order valence-electron chi connectivity index (χ2n) is 4.06. The van der Waals surface area contributed by atoms with Gasteiger partial charge in [0.1, 0.15) is 11.3 Å². The Labute approximate surface area is 107 Å². The van der Waals surface area contributed by atoms with Gasteiger partial charge in [-0.1, -0.05) is 0 Å². The first kappa shape index (κ1) is 11.1. The Morgan fingerprint density at radius 3 is 2.74 bits per heavy atom. The number of hydrogen-bond acceptors (Lipinski definition) is 5. The number of rotatable bonds is 2. The number of nitrogens with one attached hydrogen (secondary N) is 1. The SMILES string of the molecule is Nc1ccc(-c2cc([N+](=O)[O-])c3[nH]ncc3c2)cn1. The van der Waals surface area contributed by atoms with Gasteiger partial charge in [0.2, 0.25) is 0 Å². The highest BCUT2D eigenvalue weighted by Crippen LogP contribution is 2.30. The minimum atomic E-state index is -0.436. The number of nitrogens with zero attached hydrogens (tertiary/aromatic N) is 3. The number of H-pyrrole nitrogens is 1. The lowest BCUT2D eigenvalue weighted by Crippen LogP contribution is -1.92. The fourth-order valence-electron chi connectivity index (χ4n) is 1.93. The maximum Gasteiger partial charge on any atom is 0.295 e. The molecule has 0 fully saturated rings. The van der Waals surface area contributed by atoms with Gasteiger partial charge in [-0.2, -0.15) is 5.10 Å². The van der Waals surface area contributed by atoms with Crippen molar-refractivity contribution < 1.29 is 4.92 Å². The third-order valence-electron chi connectivity index (χ3n) is 2.84. The van der Waals surface area contributed by atoms with Crippen molar-refractivity contribution in [3.63, 3.8) is 0 Å². The molecule has 0 radical (unpaired) electrons. The molecule has 0 aliphatic rings. The van der Waals surface area contributed by atoms with Crippen LogP contribution in [0.4, 0.5) is 11.5 Å².